The van der Waals surface area contributed by atoms with Gasteiger partial charge in [-0.25, -0.2) is 0 Å². The van der Waals surface area contributed by atoms with E-state index in [0.29, 0.717) is 12.1 Å². The van der Waals surface area contributed by atoms with Gasteiger partial charge in [0.2, 0.25) is 0 Å². The van der Waals surface area contributed by atoms with Crippen LogP contribution in [0.4, 0.5) is 0 Å². The molecule has 0 atom stereocenters. The molecule has 3 nitrogen and oxygen atoms in total. The summed E-state index contributed by atoms with van der Waals surface area (Å²) in [6, 6.07) is 1.11. The first-order chi connectivity index (χ1) is 7.45. The molecule has 0 aromatic carbocycles. The maximum absolute atomic E-state index is 2.53. The molecule has 1 aliphatic rings. The van der Waals surface area contributed by atoms with Gasteiger partial charge < -0.3 is 12.4 Å². The molecule has 0 saturated carbocycles. The number of guanidine groups is 1. The van der Waals surface area contributed by atoms with E-state index in [0.717, 1.165) is 0 Å². The van der Waals surface area contributed by atoms with Crippen LogP contribution in [0.15, 0.2) is 0 Å². The summed E-state index contributed by atoms with van der Waals surface area (Å²) >= 11 is 0. The molecule has 0 N–H and O–H groups in total. The monoisotopic (exact) mass is 261 g/mol. The average molecular weight is 262 g/mol. The van der Waals surface area contributed by atoms with E-state index in [2.05, 4.69) is 56.2 Å². The molecule has 102 valence electrons. The zero-order valence-corrected chi connectivity index (χ0v) is 13.0. The van der Waals surface area contributed by atoms with E-state index in [1.165, 1.54) is 31.9 Å². The molecule has 1 rings (SSSR count). The number of nitrogens with zero attached hydrogens (tertiary/aromatic N) is 3. The lowest BCUT2D eigenvalue weighted by Gasteiger charge is -2.32. The van der Waals surface area contributed by atoms with Crippen LogP contribution in [0.5, 0.6) is 0 Å². The molecule has 0 bridgehead atoms. The van der Waals surface area contributed by atoms with Crippen LogP contribution >= 0.6 is 0 Å². The van der Waals surface area contributed by atoms with E-state index < -0.39 is 0 Å². The summed E-state index contributed by atoms with van der Waals surface area (Å²) in [5.41, 5.74) is 0. The molecule has 1 fully saturated rings. The summed E-state index contributed by atoms with van der Waals surface area (Å²) in [6.45, 7) is 11.5. The zero-order chi connectivity index (χ0) is 12.3. The summed E-state index contributed by atoms with van der Waals surface area (Å²) in [5, 5.41) is 0. The quantitative estimate of drug-likeness (QED) is 0.352. The van der Waals surface area contributed by atoms with Gasteiger partial charge in [-0.15, -0.1) is 0 Å². The topological polar surface area (TPSA) is 9.49 Å². The van der Waals surface area contributed by atoms with Crippen molar-refractivity contribution < 1.29 is 17.0 Å². The van der Waals surface area contributed by atoms with E-state index in [1.54, 1.807) is 0 Å². The lowest BCUT2D eigenvalue weighted by molar-refractivity contribution is -0.477. The van der Waals surface area contributed by atoms with Gasteiger partial charge in [-0.3, -0.25) is 14.4 Å². The van der Waals surface area contributed by atoms with Crippen molar-refractivity contribution in [2.24, 2.45) is 0 Å². The van der Waals surface area contributed by atoms with Crippen LogP contribution in [0.1, 0.15) is 40.5 Å². The number of hydrogen-bond acceptors (Lipinski definition) is 0. The van der Waals surface area contributed by atoms with Crippen molar-refractivity contribution in [1.82, 2.24) is 9.80 Å². The van der Waals surface area contributed by atoms with Gasteiger partial charge in [0.25, 0.3) is 0 Å². The summed E-state index contributed by atoms with van der Waals surface area (Å²) in [5.74, 6) is 1.39. The highest BCUT2D eigenvalue weighted by molar-refractivity contribution is 5.76. The minimum Gasteiger partial charge on any atom is -1.00 e. The van der Waals surface area contributed by atoms with E-state index in [4.69, 9.17) is 0 Å². The third-order valence-corrected chi connectivity index (χ3v) is 3.13. The Morgan fingerprint density at radius 2 is 1.41 bits per heavy atom. The Bertz CT molecular complexity index is 243. The fourth-order valence-corrected chi connectivity index (χ4v) is 2.65. The Kier molecular flexibility index (Phi) is 6.91. The van der Waals surface area contributed by atoms with Gasteiger partial charge in [0, 0.05) is 0 Å². The van der Waals surface area contributed by atoms with Crippen LogP contribution in [0.2, 0.25) is 0 Å². The van der Waals surface area contributed by atoms with Crippen LogP contribution < -0.4 is 12.4 Å². The number of likely N-dealkylation sites (tertiary alicyclic amines) is 1. The van der Waals surface area contributed by atoms with Crippen molar-refractivity contribution in [3.05, 3.63) is 0 Å². The highest BCUT2D eigenvalue weighted by Crippen LogP contribution is 2.14. The Labute approximate surface area is 113 Å². The second kappa shape index (κ2) is 7.10. The summed E-state index contributed by atoms with van der Waals surface area (Å²) in [7, 11) is 4.32. The number of hydrogen-bond donors (Lipinski definition) is 0. The molecule has 0 radical (unpaired) electrons. The summed E-state index contributed by atoms with van der Waals surface area (Å²) in [6.07, 6.45) is 2.67. The van der Waals surface area contributed by atoms with Crippen molar-refractivity contribution in [3.8, 4) is 0 Å². The standard InChI is InChI=1S/C13H28N3.ClH/c1-11(2)16(12(3)4)13(14(5)6)15-9-7-8-10-15;/h11-12H,7-10H2,1-6H3;1H/q+1;/p-1. The van der Waals surface area contributed by atoms with E-state index >= 15 is 0 Å². The average Bonchev–Trinajstić information content (AvgIpc) is 2.64. The number of rotatable bonds is 2. The Morgan fingerprint density at radius 3 is 1.71 bits per heavy atom. The van der Waals surface area contributed by atoms with Crippen molar-refractivity contribution >= 4 is 5.96 Å². The van der Waals surface area contributed by atoms with Crippen LogP contribution in [0.25, 0.3) is 0 Å². The van der Waals surface area contributed by atoms with E-state index in [1.807, 2.05) is 0 Å². The zero-order valence-electron chi connectivity index (χ0n) is 12.2. The molecule has 1 saturated heterocycles. The molecular formula is C13H28ClN3. The first-order valence-electron chi connectivity index (χ1n) is 6.52. The summed E-state index contributed by atoms with van der Waals surface area (Å²) < 4.78 is 2.27. The smallest absolute Gasteiger partial charge is 0.350 e. The molecule has 0 aromatic rings. The molecule has 1 heterocycles. The van der Waals surface area contributed by atoms with Crippen molar-refractivity contribution in [1.29, 1.82) is 0 Å². The minimum atomic E-state index is 0. The summed E-state index contributed by atoms with van der Waals surface area (Å²) in [4.78, 5) is 5.05. The molecular weight excluding hydrogens is 234 g/mol. The normalized spacial score (nSPS) is 15.2. The molecule has 4 heteroatoms. The fourth-order valence-electron chi connectivity index (χ4n) is 2.65. The molecule has 0 aromatic heterocycles. The van der Waals surface area contributed by atoms with Crippen LogP contribution in [0, 0.1) is 0 Å². The highest BCUT2D eigenvalue weighted by atomic mass is 35.5. The van der Waals surface area contributed by atoms with Crippen molar-refractivity contribution in [3.63, 3.8) is 0 Å². The van der Waals surface area contributed by atoms with E-state index in [9.17, 15) is 0 Å². The van der Waals surface area contributed by atoms with E-state index in [-0.39, 0.29) is 12.4 Å². The maximum Gasteiger partial charge on any atom is 0.350 e. The van der Waals surface area contributed by atoms with Crippen LogP contribution in [0.3, 0.4) is 0 Å². The Morgan fingerprint density at radius 1 is 1.00 bits per heavy atom. The second-order valence-electron chi connectivity index (χ2n) is 5.48. The lowest BCUT2D eigenvalue weighted by atomic mass is 10.2. The van der Waals surface area contributed by atoms with Crippen LogP contribution in [-0.2, 0) is 0 Å². The fraction of sp³-hybridized carbons (Fsp3) is 0.923. The van der Waals surface area contributed by atoms with Gasteiger partial charge in [0.1, 0.15) is 0 Å². The predicted molar refractivity (Wildman–Crippen MR) is 70.0 cm³/mol. The SMILES string of the molecule is CC(C)N(C(N1CCCC1)=[N+](C)C)C(C)C.[Cl-]. The van der Waals surface area contributed by atoms with Gasteiger partial charge in [-0.2, -0.15) is 0 Å². The largest absolute Gasteiger partial charge is 1.00 e. The first-order valence-corrected chi connectivity index (χ1v) is 6.52. The van der Waals surface area contributed by atoms with Crippen molar-refractivity contribution in [2.45, 2.75) is 52.6 Å². The third-order valence-electron chi connectivity index (χ3n) is 3.13. The van der Waals surface area contributed by atoms with Gasteiger partial charge in [0.05, 0.1) is 39.3 Å². The highest BCUT2D eigenvalue weighted by Gasteiger charge is 2.33. The van der Waals surface area contributed by atoms with Gasteiger partial charge in [0.15, 0.2) is 0 Å². The molecule has 0 spiro atoms. The second-order valence-corrected chi connectivity index (χ2v) is 5.48. The molecule has 1 aliphatic heterocycles. The third kappa shape index (κ3) is 4.06. The molecule has 0 unspecified atom stereocenters. The molecule has 0 amide bonds. The first kappa shape index (κ1) is 16.6. The molecule has 0 aliphatic carbocycles. The van der Waals surface area contributed by atoms with Gasteiger partial charge >= 0.3 is 5.96 Å². The molecule has 17 heavy (non-hydrogen) atoms. The Balaban J connectivity index is 0.00000256. The Hall–Kier alpha value is -0.440. The van der Waals surface area contributed by atoms with Crippen LogP contribution in [-0.4, -0.2) is 59.6 Å². The minimum absolute atomic E-state index is 0. The predicted octanol–water partition coefficient (Wildman–Crippen LogP) is -1.17. The van der Waals surface area contributed by atoms with Crippen molar-refractivity contribution in [2.75, 3.05) is 27.2 Å². The van der Waals surface area contributed by atoms with Gasteiger partial charge in [-0.05, 0) is 40.5 Å². The van der Waals surface area contributed by atoms with Gasteiger partial charge in [-0.1, -0.05) is 0 Å². The number of halogens is 1. The lowest BCUT2D eigenvalue weighted by Crippen LogP contribution is -3.00. The maximum atomic E-state index is 2.53.